The van der Waals surface area contributed by atoms with Gasteiger partial charge >= 0.3 is 0 Å². The molecule has 0 bridgehead atoms. The molecular formula is C19H15N2O2-. The van der Waals surface area contributed by atoms with Crippen molar-refractivity contribution in [2.75, 3.05) is 5.32 Å². The van der Waals surface area contributed by atoms with Crippen LogP contribution >= 0.6 is 0 Å². The predicted octanol–water partition coefficient (Wildman–Crippen LogP) is 2.75. The van der Waals surface area contributed by atoms with Gasteiger partial charge in [0.2, 0.25) is 0 Å². The van der Waals surface area contributed by atoms with E-state index in [2.05, 4.69) is 18.5 Å². The van der Waals surface area contributed by atoms with Gasteiger partial charge in [-0.3, -0.25) is 0 Å². The third-order valence-corrected chi connectivity index (χ3v) is 3.37. The Morgan fingerprint density at radius 3 is 2.13 bits per heavy atom. The zero-order valence-corrected chi connectivity index (χ0v) is 12.5. The molecule has 4 heteroatoms. The fraction of sp³-hybridized carbons (Fsp3) is 0.0526. The van der Waals surface area contributed by atoms with E-state index in [9.17, 15) is 9.90 Å². The summed E-state index contributed by atoms with van der Waals surface area (Å²) in [5, 5.41) is 23.3. The van der Waals surface area contributed by atoms with E-state index < -0.39 is 12.0 Å². The molecule has 0 spiro atoms. The number of nitrogens with one attached hydrogen (secondary N) is 1. The van der Waals surface area contributed by atoms with Gasteiger partial charge in [0.15, 0.2) is 0 Å². The Kier molecular flexibility index (Phi) is 4.96. The van der Waals surface area contributed by atoms with Gasteiger partial charge in [0.25, 0.3) is 0 Å². The number of benzene rings is 2. The van der Waals surface area contributed by atoms with E-state index in [-0.39, 0.29) is 0 Å². The third kappa shape index (κ3) is 3.86. The molecule has 1 unspecified atom stereocenters. The molecule has 0 radical (unpaired) electrons. The summed E-state index contributed by atoms with van der Waals surface area (Å²) in [6, 6.07) is 12.8. The van der Waals surface area contributed by atoms with Crippen LogP contribution in [0.5, 0.6) is 0 Å². The summed E-state index contributed by atoms with van der Waals surface area (Å²) in [5.74, 6) is -1.24. The van der Waals surface area contributed by atoms with Crippen LogP contribution in [0.1, 0.15) is 28.3 Å². The Morgan fingerprint density at radius 1 is 1.13 bits per heavy atom. The highest BCUT2D eigenvalue weighted by molar-refractivity contribution is 5.78. The Bertz CT molecular complexity index is 760. The average molecular weight is 303 g/mol. The fourth-order valence-corrected chi connectivity index (χ4v) is 2.19. The van der Waals surface area contributed by atoms with Gasteiger partial charge in [-0.1, -0.05) is 25.3 Å². The highest BCUT2D eigenvalue weighted by Crippen LogP contribution is 2.23. The summed E-state index contributed by atoms with van der Waals surface area (Å²) in [6.45, 7) is 7.41. The number of carbonyl (C=O) groups is 1. The third-order valence-electron chi connectivity index (χ3n) is 3.37. The molecule has 0 aliphatic heterocycles. The Balaban J connectivity index is 2.38. The van der Waals surface area contributed by atoms with Crippen LogP contribution in [0.2, 0.25) is 0 Å². The molecule has 4 nitrogen and oxygen atoms in total. The number of hydrogen-bond acceptors (Lipinski definition) is 4. The van der Waals surface area contributed by atoms with Crippen molar-refractivity contribution in [3.63, 3.8) is 0 Å². The second-order valence-corrected chi connectivity index (χ2v) is 4.93. The molecule has 1 atom stereocenters. The summed E-state index contributed by atoms with van der Waals surface area (Å²) >= 11 is 0. The monoisotopic (exact) mass is 303 g/mol. The molecule has 2 aromatic carbocycles. The maximum atomic E-state index is 11.5. The van der Waals surface area contributed by atoms with Crippen LogP contribution in [0.4, 0.5) is 5.69 Å². The van der Waals surface area contributed by atoms with E-state index in [1.807, 2.05) is 12.1 Å². The lowest BCUT2D eigenvalue weighted by Gasteiger charge is -2.22. The molecule has 0 aromatic heterocycles. The van der Waals surface area contributed by atoms with E-state index in [1.165, 1.54) is 0 Å². The van der Waals surface area contributed by atoms with Crippen LogP contribution in [0, 0.1) is 11.3 Å². The summed E-state index contributed by atoms with van der Waals surface area (Å²) in [7, 11) is 0. The number of carboxylic acids is 1. The molecule has 0 heterocycles. The van der Waals surface area contributed by atoms with Crippen molar-refractivity contribution in [3.05, 3.63) is 77.9 Å². The predicted molar refractivity (Wildman–Crippen MR) is 89.2 cm³/mol. The van der Waals surface area contributed by atoms with E-state index in [0.29, 0.717) is 16.8 Å². The molecule has 2 rings (SSSR count). The highest BCUT2D eigenvalue weighted by atomic mass is 16.4. The lowest BCUT2D eigenvalue weighted by Crippen LogP contribution is -2.34. The number of rotatable bonds is 6. The molecule has 0 fully saturated rings. The normalized spacial score (nSPS) is 11.1. The number of anilines is 1. The SMILES string of the molecule is C=Cc1cc(C=C)cc(C(Nc2ccc(C#N)cc2)C(=O)[O-])c1. The summed E-state index contributed by atoms with van der Waals surface area (Å²) in [4.78, 5) is 11.5. The topological polar surface area (TPSA) is 76.0 Å². The molecule has 0 aliphatic rings. The molecule has 0 saturated carbocycles. The molecule has 0 aliphatic carbocycles. The van der Waals surface area contributed by atoms with Crippen molar-refractivity contribution in [1.82, 2.24) is 0 Å². The first-order chi connectivity index (χ1) is 11.1. The van der Waals surface area contributed by atoms with Crippen molar-refractivity contribution in [2.45, 2.75) is 6.04 Å². The Morgan fingerprint density at radius 2 is 1.70 bits per heavy atom. The van der Waals surface area contributed by atoms with Crippen molar-refractivity contribution in [2.24, 2.45) is 0 Å². The second-order valence-electron chi connectivity index (χ2n) is 4.93. The van der Waals surface area contributed by atoms with Crippen molar-refractivity contribution >= 4 is 23.8 Å². The standard InChI is InChI=1S/C19H16N2O2/c1-3-13-9-14(4-2)11-16(10-13)18(19(22)23)21-17-7-5-15(12-20)6-8-17/h3-11,18,21H,1-2H2,(H,22,23)/p-1. The molecule has 0 amide bonds. The van der Waals surface area contributed by atoms with Crippen LogP contribution in [-0.4, -0.2) is 5.97 Å². The average Bonchev–Trinajstić information content (AvgIpc) is 2.59. The van der Waals surface area contributed by atoms with Gasteiger partial charge < -0.3 is 15.2 Å². The Hall–Kier alpha value is -3.32. The largest absolute Gasteiger partial charge is 0.548 e. The van der Waals surface area contributed by atoms with Gasteiger partial charge in [-0.05, 0) is 59.2 Å². The first-order valence-electron chi connectivity index (χ1n) is 6.95. The summed E-state index contributed by atoms with van der Waals surface area (Å²) in [6.07, 6.45) is 3.29. The van der Waals surface area contributed by atoms with Crippen LogP contribution in [0.3, 0.4) is 0 Å². The van der Waals surface area contributed by atoms with Gasteiger partial charge in [-0.25, -0.2) is 0 Å². The number of carboxylic acid groups (broad SMARTS) is 1. The molecule has 1 N–H and O–H groups in total. The van der Waals surface area contributed by atoms with E-state index in [1.54, 1.807) is 48.6 Å². The van der Waals surface area contributed by atoms with Crippen LogP contribution in [0.15, 0.2) is 55.6 Å². The number of carbonyl (C=O) groups excluding carboxylic acids is 1. The smallest absolute Gasteiger partial charge is 0.0991 e. The van der Waals surface area contributed by atoms with E-state index >= 15 is 0 Å². The summed E-state index contributed by atoms with van der Waals surface area (Å²) < 4.78 is 0. The van der Waals surface area contributed by atoms with Crippen LogP contribution < -0.4 is 10.4 Å². The minimum absolute atomic E-state index is 0.503. The van der Waals surface area contributed by atoms with Crippen LogP contribution in [-0.2, 0) is 4.79 Å². The van der Waals surface area contributed by atoms with Crippen molar-refractivity contribution in [1.29, 1.82) is 5.26 Å². The van der Waals surface area contributed by atoms with Gasteiger partial charge in [0.05, 0.1) is 23.6 Å². The minimum Gasteiger partial charge on any atom is -0.548 e. The van der Waals surface area contributed by atoms with Crippen LogP contribution in [0.25, 0.3) is 12.2 Å². The van der Waals surface area contributed by atoms with Gasteiger partial charge in [0, 0.05) is 5.69 Å². The first-order valence-corrected chi connectivity index (χ1v) is 6.95. The minimum atomic E-state index is -1.24. The number of nitriles is 1. The van der Waals surface area contributed by atoms with E-state index in [0.717, 1.165) is 11.1 Å². The molecule has 114 valence electrons. The number of aliphatic carboxylic acids is 1. The van der Waals surface area contributed by atoms with Gasteiger partial charge in [0.1, 0.15) is 0 Å². The zero-order chi connectivity index (χ0) is 16.8. The molecule has 0 saturated heterocycles. The lowest BCUT2D eigenvalue weighted by molar-refractivity contribution is -0.307. The number of hydrogen-bond donors (Lipinski definition) is 1. The number of nitrogens with zero attached hydrogens (tertiary/aromatic N) is 1. The second kappa shape index (κ2) is 7.10. The maximum absolute atomic E-state index is 11.5. The highest BCUT2D eigenvalue weighted by Gasteiger charge is 2.14. The van der Waals surface area contributed by atoms with Crippen molar-refractivity contribution in [3.8, 4) is 6.07 Å². The van der Waals surface area contributed by atoms with Gasteiger partial charge in [-0.2, -0.15) is 5.26 Å². The molecular weight excluding hydrogens is 288 g/mol. The lowest BCUT2D eigenvalue weighted by atomic mass is 9.99. The fourth-order valence-electron chi connectivity index (χ4n) is 2.19. The summed E-state index contributed by atoms with van der Waals surface area (Å²) in [5.41, 5.74) is 3.22. The Labute approximate surface area is 135 Å². The van der Waals surface area contributed by atoms with Crippen molar-refractivity contribution < 1.29 is 9.90 Å². The molecule has 2 aromatic rings. The zero-order valence-electron chi connectivity index (χ0n) is 12.5. The molecule has 23 heavy (non-hydrogen) atoms. The van der Waals surface area contributed by atoms with Gasteiger partial charge in [-0.15, -0.1) is 0 Å². The first kappa shape index (κ1) is 16.1. The quantitative estimate of drug-likeness (QED) is 0.890. The van der Waals surface area contributed by atoms with E-state index in [4.69, 9.17) is 5.26 Å². The maximum Gasteiger partial charge on any atom is 0.0991 e.